The molecule has 2 unspecified atom stereocenters. The van der Waals surface area contributed by atoms with Crippen LogP contribution in [0.15, 0.2) is 103 Å². The molecular formula is C35H31Br4F8NO2. The fourth-order valence-electron chi connectivity index (χ4n) is 4.76. The number of para-hydroxylation sites is 2. The molecule has 0 amide bonds. The number of benzene rings is 4. The summed E-state index contributed by atoms with van der Waals surface area (Å²) in [6.45, 7) is 1.85. The van der Waals surface area contributed by atoms with E-state index >= 15 is 0 Å². The van der Waals surface area contributed by atoms with Gasteiger partial charge in [-0.25, -0.2) is 0 Å². The third-order valence-electron chi connectivity index (χ3n) is 7.42. The summed E-state index contributed by atoms with van der Waals surface area (Å²) < 4.78 is 115. The molecule has 0 saturated carbocycles. The van der Waals surface area contributed by atoms with Crippen molar-refractivity contribution < 1.29 is 44.6 Å². The highest BCUT2D eigenvalue weighted by Crippen LogP contribution is 2.37. The summed E-state index contributed by atoms with van der Waals surface area (Å²) in [5, 5.41) is 0. The molecule has 4 rings (SSSR count). The normalized spacial score (nSPS) is 13.1. The van der Waals surface area contributed by atoms with Crippen LogP contribution in [0.5, 0.6) is 11.5 Å². The maximum atomic E-state index is 13.2. The molecule has 0 aliphatic carbocycles. The molecule has 0 aliphatic heterocycles. The molecule has 0 aliphatic rings. The molecule has 4 aromatic carbocycles. The molecule has 50 heavy (non-hydrogen) atoms. The molecule has 2 atom stereocenters. The van der Waals surface area contributed by atoms with Crippen molar-refractivity contribution in [3.05, 3.63) is 125 Å². The second kappa shape index (κ2) is 19.0. The van der Waals surface area contributed by atoms with Crippen molar-refractivity contribution in [2.75, 3.05) is 0 Å². The lowest BCUT2D eigenvalue weighted by molar-refractivity contribution is -0.253. The Balaban J connectivity index is 0.000000270. The van der Waals surface area contributed by atoms with E-state index in [9.17, 15) is 35.1 Å². The van der Waals surface area contributed by atoms with Gasteiger partial charge in [0.2, 0.25) is 0 Å². The summed E-state index contributed by atoms with van der Waals surface area (Å²) >= 11 is 13.9. The highest BCUT2D eigenvalue weighted by Gasteiger charge is 2.45. The number of nitrogens with two attached hydrogens (primary N) is 1. The van der Waals surface area contributed by atoms with Crippen molar-refractivity contribution >= 4 is 63.7 Å². The van der Waals surface area contributed by atoms with E-state index < -0.39 is 31.1 Å². The first kappa shape index (κ1) is 42.2. The van der Waals surface area contributed by atoms with Crippen LogP contribution in [0.1, 0.15) is 54.0 Å². The van der Waals surface area contributed by atoms with E-state index in [1.165, 1.54) is 30.3 Å². The third-order valence-corrected chi connectivity index (χ3v) is 10.4. The van der Waals surface area contributed by atoms with Crippen LogP contribution < -0.4 is 15.2 Å². The molecular weight excluding hydrogens is 938 g/mol. The van der Waals surface area contributed by atoms with Gasteiger partial charge < -0.3 is 15.2 Å². The lowest BCUT2D eigenvalue weighted by Gasteiger charge is -2.22. The van der Waals surface area contributed by atoms with Gasteiger partial charge in [0, 0.05) is 29.5 Å². The Morgan fingerprint density at radius 1 is 0.560 bits per heavy atom. The molecule has 0 radical (unpaired) electrons. The fourth-order valence-corrected chi connectivity index (χ4v) is 7.55. The predicted octanol–water partition coefficient (Wildman–Crippen LogP) is 13.3. The first-order valence-corrected chi connectivity index (χ1v) is 18.1. The van der Waals surface area contributed by atoms with Gasteiger partial charge >= 0.3 is 25.1 Å². The first-order valence-electron chi connectivity index (χ1n) is 14.9. The lowest BCUT2D eigenvalue weighted by atomic mass is 9.93. The van der Waals surface area contributed by atoms with Crippen LogP contribution in [0.4, 0.5) is 35.1 Å². The van der Waals surface area contributed by atoms with Gasteiger partial charge in [0.05, 0.1) is 0 Å². The molecule has 3 nitrogen and oxygen atoms in total. The second-order valence-electron chi connectivity index (χ2n) is 11.0. The van der Waals surface area contributed by atoms with Gasteiger partial charge in [-0.3, -0.25) is 0 Å². The van der Waals surface area contributed by atoms with E-state index in [-0.39, 0.29) is 23.0 Å². The quantitative estimate of drug-likeness (QED) is 0.128. The zero-order chi connectivity index (χ0) is 37.2. The van der Waals surface area contributed by atoms with Crippen molar-refractivity contribution in [1.82, 2.24) is 0 Å². The Kier molecular flexibility index (Phi) is 16.1. The summed E-state index contributed by atoms with van der Waals surface area (Å²) in [6, 6.07) is 22.5. The number of ether oxygens (including phenoxy) is 2. The Labute approximate surface area is 318 Å². The number of halogens is 12. The Bertz CT molecular complexity index is 1530. The zero-order valence-electron chi connectivity index (χ0n) is 26.2. The van der Waals surface area contributed by atoms with Crippen LogP contribution in [-0.4, -0.2) is 25.1 Å². The van der Waals surface area contributed by atoms with Gasteiger partial charge in [0.25, 0.3) is 0 Å². The first-order chi connectivity index (χ1) is 23.4. The average molecular weight is 969 g/mol. The standard InChI is InChI=1S/C18H16Br2F4O.C17H15Br2F4NO/c1-11(9-10-13-14(19)6-4-7-15(13)20)12-5-2-3-8-16(12)25-18(23,24)17(21)22;18-12-5-3-6-13(19)10(12)8-9-14(24)11-4-1-2-7-15(11)25-17(22,23)16(20)21/h2-8,11,17H,9-10H2,1H3;1-7,14,16H,8-9,24H2. The molecule has 15 heteroatoms. The van der Waals surface area contributed by atoms with Crippen molar-refractivity contribution in [2.24, 2.45) is 5.73 Å². The average Bonchev–Trinajstić information content (AvgIpc) is 3.04. The van der Waals surface area contributed by atoms with Crippen LogP contribution >= 0.6 is 63.7 Å². The maximum Gasteiger partial charge on any atom is 0.461 e. The van der Waals surface area contributed by atoms with Crippen LogP contribution in [0.3, 0.4) is 0 Å². The molecule has 0 bridgehead atoms. The smallest absolute Gasteiger partial charge is 0.428 e. The van der Waals surface area contributed by atoms with Crippen molar-refractivity contribution in [3.63, 3.8) is 0 Å². The van der Waals surface area contributed by atoms with E-state index in [2.05, 4.69) is 73.2 Å². The molecule has 4 aromatic rings. The van der Waals surface area contributed by atoms with Gasteiger partial charge in [-0.2, -0.15) is 35.1 Å². The van der Waals surface area contributed by atoms with Gasteiger partial charge in [-0.05, 0) is 84.7 Å². The summed E-state index contributed by atoms with van der Waals surface area (Å²) in [5.41, 5.74) is 8.87. The fraction of sp³-hybridized carbons (Fsp3) is 0.314. The van der Waals surface area contributed by atoms with Crippen LogP contribution in [0.2, 0.25) is 0 Å². The monoisotopic (exact) mass is 965 g/mol. The van der Waals surface area contributed by atoms with Crippen LogP contribution in [0.25, 0.3) is 0 Å². The maximum absolute atomic E-state index is 13.2. The van der Waals surface area contributed by atoms with E-state index in [4.69, 9.17) is 5.73 Å². The summed E-state index contributed by atoms with van der Waals surface area (Å²) in [4.78, 5) is 0. The molecule has 0 aromatic heterocycles. The van der Waals surface area contributed by atoms with E-state index in [1.54, 1.807) is 18.2 Å². The minimum absolute atomic E-state index is 0.149. The topological polar surface area (TPSA) is 44.5 Å². The summed E-state index contributed by atoms with van der Waals surface area (Å²) in [7, 11) is 0. The van der Waals surface area contributed by atoms with Crippen molar-refractivity contribution in [3.8, 4) is 11.5 Å². The number of rotatable bonds is 14. The largest absolute Gasteiger partial charge is 0.461 e. The number of alkyl halides is 8. The van der Waals surface area contributed by atoms with Gasteiger partial charge in [-0.1, -0.05) is 119 Å². The summed E-state index contributed by atoms with van der Waals surface area (Å²) in [5.74, 6) is -0.707. The highest BCUT2D eigenvalue weighted by atomic mass is 79.9. The molecule has 0 heterocycles. The second-order valence-corrected chi connectivity index (χ2v) is 14.4. The Morgan fingerprint density at radius 3 is 1.34 bits per heavy atom. The van der Waals surface area contributed by atoms with Gasteiger partial charge in [0.15, 0.2) is 0 Å². The summed E-state index contributed by atoms with van der Waals surface area (Å²) in [6.07, 6.45) is -14.6. The molecule has 0 fully saturated rings. The SMILES string of the molecule is CC(CCc1c(Br)cccc1Br)c1ccccc1OC(F)(F)C(F)F.NC(CCc1c(Br)cccc1Br)c1ccccc1OC(F)(F)C(F)F. The van der Waals surface area contributed by atoms with Crippen LogP contribution in [-0.2, 0) is 12.8 Å². The Hall–Kier alpha value is -2.20. The number of hydrogen-bond acceptors (Lipinski definition) is 3. The lowest BCUT2D eigenvalue weighted by Crippen LogP contribution is -2.34. The van der Waals surface area contributed by atoms with Crippen molar-refractivity contribution in [2.45, 2.75) is 69.6 Å². The van der Waals surface area contributed by atoms with E-state index in [1.807, 2.05) is 43.3 Å². The zero-order valence-corrected chi connectivity index (χ0v) is 32.5. The van der Waals surface area contributed by atoms with Gasteiger partial charge in [0.1, 0.15) is 11.5 Å². The predicted molar refractivity (Wildman–Crippen MR) is 192 cm³/mol. The van der Waals surface area contributed by atoms with E-state index in [0.717, 1.165) is 29.0 Å². The molecule has 0 spiro atoms. The van der Waals surface area contributed by atoms with Crippen LogP contribution in [0, 0.1) is 0 Å². The molecule has 272 valence electrons. The van der Waals surface area contributed by atoms with Crippen molar-refractivity contribution in [1.29, 1.82) is 0 Å². The Morgan fingerprint density at radius 2 is 0.920 bits per heavy atom. The highest BCUT2D eigenvalue weighted by molar-refractivity contribution is 9.11. The molecule has 2 N–H and O–H groups in total. The van der Waals surface area contributed by atoms with Gasteiger partial charge in [-0.15, -0.1) is 0 Å². The number of hydrogen-bond donors (Lipinski definition) is 1. The van der Waals surface area contributed by atoms with E-state index in [0.29, 0.717) is 31.2 Å². The minimum atomic E-state index is -4.57. The molecule has 0 saturated heterocycles. The third kappa shape index (κ3) is 11.9. The minimum Gasteiger partial charge on any atom is -0.428 e.